The molecule has 0 aliphatic heterocycles. The Morgan fingerprint density at radius 2 is 1.74 bits per heavy atom. The fraction of sp³-hybridized carbons (Fsp3) is 0.789. The Hall–Kier alpha value is -0.346. The van der Waals surface area contributed by atoms with E-state index in [-0.39, 0.29) is 17.2 Å². The van der Waals surface area contributed by atoms with Crippen LogP contribution < -0.4 is 0 Å². The van der Waals surface area contributed by atoms with Gasteiger partial charge in [-0.15, -0.1) is 18.0 Å². The van der Waals surface area contributed by atoms with E-state index in [4.69, 9.17) is 4.43 Å². The Morgan fingerprint density at radius 1 is 1.17 bits per heavy atom. The topological polar surface area (TPSA) is 29.5 Å². The average Bonchev–Trinajstić information content (AvgIpc) is 2.31. The number of aliphatic hydroxyl groups excluding tert-OH is 1. The molecule has 23 heavy (non-hydrogen) atoms. The second kappa shape index (κ2) is 9.22. The van der Waals surface area contributed by atoms with Gasteiger partial charge in [-0.2, -0.15) is 0 Å². The molecular formula is C19H38O2Si2. The zero-order valence-electron chi connectivity index (χ0n) is 16.6. The summed E-state index contributed by atoms with van der Waals surface area (Å²) >= 11 is 0. The SMILES string of the molecule is C=CCC(O)CC(CCC#C[Si](C)(C)C)O[Si](C)(C)C(C)(C)C. The van der Waals surface area contributed by atoms with Crippen LogP contribution >= 0.6 is 0 Å². The summed E-state index contributed by atoms with van der Waals surface area (Å²) in [7, 11) is -3.14. The predicted molar refractivity (Wildman–Crippen MR) is 108 cm³/mol. The molecule has 0 saturated carbocycles. The molecule has 0 radical (unpaired) electrons. The van der Waals surface area contributed by atoms with Crippen LogP contribution in [-0.2, 0) is 4.43 Å². The van der Waals surface area contributed by atoms with E-state index in [1.807, 2.05) is 0 Å². The average molecular weight is 355 g/mol. The summed E-state index contributed by atoms with van der Waals surface area (Å²) in [6.45, 7) is 21.8. The predicted octanol–water partition coefficient (Wildman–Crippen LogP) is 5.36. The van der Waals surface area contributed by atoms with Crippen molar-refractivity contribution >= 4 is 16.4 Å². The molecular weight excluding hydrogens is 316 g/mol. The lowest BCUT2D eigenvalue weighted by Gasteiger charge is -2.39. The zero-order valence-corrected chi connectivity index (χ0v) is 18.6. The lowest BCUT2D eigenvalue weighted by molar-refractivity contribution is 0.0840. The molecule has 0 spiro atoms. The van der Waals surface area contributed by atoms with Crippen molar-refractivity contribution < 1.29 is 9.53 Å². The fourth-order valence-corrected chi connectivity index (χ4v) is 4.03. The van der Waals surface area contributed by atoms with Gasteiger partial charge in [-0.3, -0.25) is 0 Å². The summed E-state index contributed by atoms with van der Waals surface area (Å²) in [5.74, 6) is 3.33. The first-order valence-corrected chi connectivity index (χ1v) is 15.2. The van der Waals surface area contributed by atoms with Gasteiger partial charge in [0, 0.05) is 12.5 Å². The van der Waals surface area contributed by atoms with Crippen LogP contribution in [0.5, 0.6) is 0 Å². The molecule has 0 aliphatic carbocycles. The van der Waals surface area contributed by atoms with Crippen LogP contribution in [-0.4, -0.2) is 33.7 Å². The van der Waals surface area contributed by atoms with Crippen molar-refractivity contribution in [3.63, 3.8) is 0 Å². The van der Waals surface area contributed by atoms with Crippen LogP contribution in [0.1, 0.15) is 46.5 Å². The molecule has 0 bridgehead atoms. The van der Waals surface area contributed by atoms with E-state index in [1.54, 1.807) is 6.08 Å². The normalized spacial score (nSPS) is 15.5. The van der Waals surface area contributed by atoms with Crippen molar-refractivity contribution in [3.05, 3.63) is 12.7 Å². The highest BCUT2D eigenvalue weighted by atomic mass is 28.4. The highest BCUT2D eigenvalue weighted by Gasteiger charge is 2.39. The van der Waals surface area contributed by atoms with Crippen molar-refractivity contribution in [1.29, 1.82) is 0 Å². The highest BCUT2D eigenvalue weighted by Crippen LogP contribution is 2.38. The first-order chi connectivity index (χ1) is 10.3. The summed E-state index contributed by atoms with van der Waals surface area (Å²) in [5.41, 5.74) is 3.41. The number of hydrogen-bond donors (Lipinski definition) is 1. The standard InChI is InChI=1S/C19H38O2Si2/c1-10-13-17(20)16-18(14-11-12-15-22(5,6)7)21-23(8,9)19(2,3)4/h10,17-18,20H,1,11,13-14,16H2,2-9H3. The van der Waals surface area contributed by atoms with Gasteiger partial charge in [-0.25, -0.2) is 0 Å². The van der Waals surface area contributed by atoms with Gasteiger partial charge in [-0.1, -0.05) is 46.5 Å². The second-order valence-corrected chi connectivity index (χ2v) is 18.5. The molecule has 0 saturated heterocycles. The van der Waals surface area contributed by atoms with E-state index in [0.717, 1.165) is 12.8 Å². The van der Waals surface area contributed by atoms with Crippen LogP contribution in [0.4, 0.5) is 0 Å². The van der Waals surface area contributed by atoms with Gasteiger partial charge >= 0.3 is 0 Å². The van der Waals surface area contributed by atoms with Crippen molar-refractivity contribution in [3.8, 4) is 11.5 Å². The molecule has 1 N–H and O–H groups in total. The maximum atomic E-state index is 10.1. The summed E-state index contributed by atoms with van der Waals surface area (Å²) in [6.07, 6.45) is 4.54. The number of hydrogen-bond acceptors (Lipinski definition) is 2. The fourth-order valence-electron chi connectivity index (χ4n) is 1.97. The quantitative estimate of drug-likeness (QED) is 0.361. The molecule has 0 rings (SSSR count). The molecule has 0 aromatic rings. The Bertz CT molecular complexity index is 419. The van der Waals surface area contributed by atoms with Gasteiger partial charge < -0.3 is 9.53 Å². The van der Waals surface area contributed by atoms with Crippen molar-refractivity contribution in [2.75, 3.05) is 0 Å². The van der Waals surface area contributed by atoms with Crippen LogP contribution in [0, 0.1) is 11.5 Å². The molecule has 0 aliphatic rings. The molecule has 2 nitrogen and oxygen atoms in total. The van der Waals surface area contributed by atoms with Gasteiger partial charge in [0.15, 0.2) is 8.32 Å². The van der Waals surface area contributed by atoms with Crippen LogP contribution in [0.15, 0.2) is 12.7 Å². The molecule has 0 aromatic carbocycles. The van der Waals surface area contributed by atoms with Gasteiger partial charge in [0.2, 0.25) is 0 Å². The largest absolute Gasteiger partial charge is 0.414 e. The van der Waals surface area contributed by atoms with E-state index in [9.17, 15) is 5.11 Å². The number of rotatable bonds is 8. The summed E-state index contributed by atoms with van der Waals surface area (Å²) in [6, 6.07) is 0. The van der Waals surface area contributed by atoms with Crippen LogP contribution in [0.3, 0.4) is 0 Å². The van der Waals surface area contributed by atoms with Crippen LogP contribution in [0.25, 0.3) is 0 Å². The monoisotopic (exact) mass is 354 g/mol. The highest BCUT2D eigenvalue weighted by molar-refractivity contribution is 6.83. The molecule has 0 amide bonds. The minimum atomic E-state index is -1.83. The first kappa shape index (κ1) is 22.7. The minimum Gasteiger partial charge on any atom is -0.414 e. The summed E-state index contributed by atoms with van der Waals surface area (Å²) in [4.78, 5) is 0. The molecule has 0 aromatic heterocycles. The van der Waals surface area contributed by atoms with E-state index < -0.39 is 16.4 Å². The molecule has 134 valence electrons. The van der Waals surface area contributed by atoms with Crippen molar-refractivity contribution in [2.45, 2.75) is 96.4 Å². The minimum absolute atomic E-state index is 0.0850. The first-order valence-electron chi connectivity index (χ1n) is 8.75. The van der Waals surface area contributed by atoms with Gasteiger partial charge in [0.05, 0.1) is 6.10 Å². The zero-order chi connectivity index (χ0) is 18.3. The van der Waals surface area contributed by atoms with Gasteiger partial charge in [-0.05, 0) is 37.4 Å². The molecule has 4 heteroatoms. The number of aliphatic hydroxyl groups is 1. The van der Waals surface area contributed by atoms with Gasteiger partial charge in [0.25, 0.3) is 0 Å². The smallest absolute Gasteiger partial charge is 0.192 e. The Kier molecular flexibility index (Phi) is 9.08. The molecule has 0 fully saturated rings. The summed E-state index contributed by atoms with van der Waals surface area (Å²) < 4.78 is 6.54. The maximum Gasteiger partial charge on any atom is 0.192 e. The third-order valence-electron chi connectivity index (χ3n) is 4.30. The Balaban J connectivity index is 4.87. The van der Waals surface area contributed by atoms with Gasteiger partial charge in [0.1, 0.15) is 8.07 Å². The molecule has 2 atom stereocenters. The van der Waals surface area contributed by atoms with Crippen LogP contribution in [0.2, 0.25) is 37.8 Å². The van der Waals surface area contributed by atoms with E-state index >= 15 is 0 Å². The Labute approximate surface area is 146 Å². The lowest BCUT2D eigenvalue weighted by atomic mass is 10.1. The Morgan fingerprint density at radius 3 is 2.17 bits per heavy atom. The second-order valence-electron chi connectivity index (χ2n) is 9.00. The summed E-state index contributed by atoms with van der Waals surface area (Å²) in [5, 5.41) is 10.3. The van der Waals surface area contributed by atoms with E-state index in [2.05, 4.69) is 71.5 Å². The van der Waals surface area contributed by atoms with E-state index in [0.29, 0.717) is 12.8 Å². The molecule has 0 heterocycles. The van der Waals surface area contributed by atoms with Crippen molar-refractivity contribution in [2.24, 2.45) is 0 Å². The van der Waals surface area contributed by atoms with Crippen molar-refractivity contribution in [1.82, 2.24) is 0 Å². The third kappa shape index (κ3) is 10.2. The van der Waals surface area contributed by atoms with E-state index in [1.165, 1.54) is 0 Å². The maximum absolute atomic E-state index is 10.1. The molecule has 2 unspecified atom stereocenters. The third-order valence-corrected chi connectivity index (χ3v) is 9.76. The lowest BCUT2D eigenvalue weighted by Crippen LogP contribution is -2.44.